The monoisotopic (exact) mass is 752 g/mol. The summed E-state index contributed by atoms with van der Waals surface area (Å²) >= 11 is 1.36. The van der Waals surface area contributed by atoms with E-state index in [2.05, 4.69) is 51.7 Å². The van der Waals surface area contributed by atoms with Crippen LogP contribution >= 0.6 is 11.3 Å². The molecule has 3 aliphatic carbocycles. The molecule has 11 heteroatoms. The van der Waals surface area contributed by atoms with Gasteiger partial charge in [-0.1, -0.05) is 97.1 Å². The number of hydrogen-bond acceptors (Lipinski definition) is 8. The number of anilines is 1. The lowest BCUT2D eigenvalue weighted by Gasteiger charge is -2.47. The molecule has 10 rings (SSSR count). The SMILES string of the molecule is CCOC(=O)[C@H]1C2CCC(CC2)[C@@H]1Nc1nc(-c2cn(C(c3ccccc3)(c3ccccc3)c3ccccc3)c3ncc(F)nc23)nc(-c2cccs2)c1F. The van der Waals surface area contributed by atoms with Crippen molar-refractivity contribution in [1.82, 2.24) is 24.5 Å². The van der Waals surface area contributed by atoms with Gasteiger partial charge in [-0.05, 0) is 72.6 Å². The van der Waals surface area contributed by atoms with Crippen LogP contribution in [0.4, 0.5) is 14.6 Å². The van der Waals surface area contributed by atoms with Crippen LogP contribution in [0, 0.1) is 29.5 Å². The largest absolute Gasteiger partial charge is 0.466 e. The molecule has 3 saturated carbocycles. The summed E-state index contributed by atoms with van der Waals surface area (Å²) in [6.45, 7) is 2.07. The van der Waals surface area contributed by atoms with E-state index in [0.717, 1.165) is 48.6 Å². The number of hydrogen-bond donors (Lipinski definition) is 1. The van der Waals surface area contributed by atoms with Gasteiger partial charge < -0.3 is 14.6 Å². The number of rotatable bonds is 10. The topological polar surface area (TPSA) is 94.8 Å². The van der Waals surface area contributed by atoms with E-state index in [-0.39, 0.29) is 53.3 Å². The van der Waals surface area contributed by atoms with E-state index < -0.39 is 23.2 Å². The maximum atomic E-state index is 16.9. The zero-order valence-corrected chi connectivity index (χ0v) is 30.9. The number of fused-ring (bicyclic) bond motifs is 4. The predicted octanol–water partition coefficient (Wildman–Crippen LogP) is 9.51. The highest BCUT2D eigenvalue weighted by molar-refractivity contribution is 7.13. The molecule has 0 amide bonds. The van der Waals surface area contributed by atoms with Crippen molar-refractivity contribution in [3.63, 3.8) is 0 Å². The van der Waals surface area contributed by atoms with Crippen molar-refractivity contribution >= 4 is 34.3 Å². The third-order valence-corrected chi connectivity index (χ3v) is 12.2. The molecule has 2 atom stereocenters. The smallest absolute Gasteiger partial charge is 0.311 e. The van der Waals surface area contributed by atoms with Gasteiger partial charge in [-0.2, -0.15) is 4.39 Å². The van der Waals surface area contributed by atoms with E-state index in [0.29, 0.717) is 16.1 Å². The summed E-state index contributed by atoms with van der Waals surface area (Å²) in [6.07, 6.45) is 6.69. The number of nitrogens with one attached hydrogen (secondary N) is 1. The summed E-state index contributed by atoms with van der Waals surface area (Å²) in [5, 5.41) is 5.28. The van der Waals surface area contributed by atoms with Crippen molar-refractivity contribution in [1.29, 1.82) is 0 Å². The molecule has 1 N–H and O–H groups in total. The van der Waals surface area contributed by atoms with E-state index in [1.54, 1.807) is 6.92 Å². The minimum absolute atomic E-state index is 0.0223. The molecule has 3 aromatic carbocycles. The van der Waals surface area contributed by atoms with Crippen LogP contribution in [0.2, 0.25) is 0 Å². The predicted molar refractivity (Wildman–Crippen MR) is 209 cm³/mol. The first-order valence-corrected chi connectivity index (χ1v) is 19.6. The van der Waals surface area contributed by atoms with Crippen molar-refractivity contribution in [3.05, 3.63) is 149 Å². The van der Waals surface area contributed by atoms with Gasteiger partial charge in [0.25, 0.3) is 0 Å². The molecule has 3 aliphatic rings. The fraction of sp³-hybridized carbons (Fsp3) is 0.250. The number of carbonyl (C=O) groups excluding carboxylic acids is 1. The molecule has 0 spiro atoms. The second-order valence-corrected chi connectivity index (χ2v) is 15.2. The van der Waals surface area contributed by atoms with Crippen LogP contribution in [-0.4, -0.2) is 43.1 Å². The summed E-state index contributed by atoms with van der Waals surface area (Å²) in [6, 6.07) is 33.5. The van der Waals surface area contributed by atoms with E-state index in [9.17, 15) is 4.79 Å². The van der Waals surface area contributed by atoms with Crippen molar-refractivity contribution in [2.75, 3.05) is 11.9 Å². The average molecular weight is 753 g/mol. The number of halogens is 2. The molecule has 2 bridgehead atoms. The molecule has 8 nitrogen and oxygen atoms in total. The summed E-state index contributed by atoms with van der Waals surface area (Å²) in [5.41, 5.74) is 2.87. The Bertz CT molecular complexity index is 2360. The third-order valence-electron chi connectivity index (χ3n) is 11.3. The number of carbonyl (C=O) groups is 1. The minimum Gasteiger partial charge on any atom is -0.466 e. The first kappa shape index (κ1) is 34.9. The van der Waals surface area contributed by atoms with Gasteiger partial charge in [0.2, 0.25) is 5.95 Å². The number of esters is 1. The standard InChI is InChI=1S/C44H38F2N6O2S/c1-2-54-43(53)35-27-20-22-28(23-21-27)37(35)49-41-36(46)39(33-19-12-24-55-33)50-40(51-41)32-26-52(42-38(32)48-34(45)25-47-42)44(29-13-6-3-7-14-29,30-15-8-4-9-16-30)31-17-10-5-11-18-31/h3-19,24-28,35,37H,2,20-23H2,1H3,(H,49,50,51)/t27?,28?,35-,37-/m0/s1. The number of ether oxygens (including phenoxy) is 1. The van der Waals surface area contributed by atoms with Crippen LogP contribution in [-0.2, 0) is 15.1 Å². The average Bonchev–Trinajstić information content (AvgIpc) is 3.90. The summed E-state index contributed by atoms with van der Waals surface area (Å²) in [4.78, 5) is 32.8. The zero-order chi connectivity index (χ0) is 37.5. The lowest BCUT2D eigenvalue weighted by molar-refractivity contribution is -0.154. The van der Waals surface area contributed by atoms with Crippen LogP contribution in [0.3, 0.4) is 0 Å². The van der Waals surface area contributed by atoms with Crippen LogP contribution in [0.5, 0.6) is 0 Å². The maximum Gasteiger partial charge on any atom is 0.311 e. The minimum atomic E-state index is -1.02. The van der Waals surface area contributed by atoms with Gasteiger partial charge >= 0.3 is 5.97 Å². The lowest BCUT2D eigenvalue weighted by atomic mass is 9.61. The van der Waals surface area contributed by atoms with Gasteiger partial charge in [0.15, 0.2) is 23.1 Å². The van der Waals surface area contributed by atoms with Crippen molar-refractivity contribution < 1.29 is 18.3 Å². The highest BCUT2D eigenvalue weighted by atomic mass is 32.1. The Morgan fingerprint density at radius 2 is 1.45 bits per heavy atom. The van der Waals surface area contributed by atoms with Gasteiger partial charge in [-0.15, -0.1) is 11.3 Å². The van der Waals surface area contributed by atoms with Crippen LogP contribution in [0.25, 0.3) is 33.1 Å². The summed E-state index contributed by atoms with van der Waals surface area (Å²) in [5.74, 6) is -1.68. The van der Waals surface area contributed by atoms with E-state index in [1.165, 1.54) is 11.3 Å². The number of benzene rings is 3. The highest BCUT2D eigenvalue weighted by Gasteiger charge is 2.48. The molecule has 0 saturated heterocycles. The molecule has 4 heterocycles. The fourth-order valence-electron chi connectivity index (χ4n) is 8.98. The van der Waals surface area contributed by atoms with E-state index >= 15 is 8.78 Å². The van der Waals surface area contributed by atoms with Gasteiger partial charge in [0.05, 0.1) is 29.2 Å². The second kappa shape index (κ2) is 14.4. The third kappa shape index (κ3) is 5.97. The maximum absolute atomic E-state index is 16.9. The van der Waals surface area contributed by atoms with Crippen LogP contribution in [0.15, 0.2) is 121 Å². The Labute approximate surface area is 321 Å². The van der Waals surface area contributed by atoms with Crippen molar-refractivity contribution in [2.45, 2.75) is 44.2 Å². The summed E-state index contributed by atoms with van der Waals surface area (Å²) in [7, 11) is 0. The quantitative estimate of drug-likeness (QED) is 0.110. The Hall–Kier alpha value is -5.81. The van der Waals surface area contributed by atoms with Gasteiger partial charge in [-0.3, -0.25) is 4.79 Å². The second-order valence-electron chi connectivity index (χ2n) is 14.2. The first-order chi connectivity index (χ1) is 27.0. The highest BCUT2D eigenvalue weighted by Crippen LogP contribution is 2.48. The van der Waals surface area contributed by atoms with Gasteiger partial charge in [-0.25, -0.2) is 24.3 Å². The lowest BCUT2D eigenvalue weighted by Crippen LogP contribution is -2.52. The molecule has 4 aromatic heterocycles. The molecular formula is C44H38F2N6O2S. The number of aromatic nitrogens is 5. The van der Waals surface area contributed by atoms with Crippen molar-refractivity contribution in [3.8, 4) is 22.0 Å². The Kier molecular flexibility index (Phi) is 9.17. The van der Waals surface area contributed by atoms with Crippen LogP contribution in [0.1, 0.15) is 49.3 Å². The molecule has 276 valence electrons. The summed E-state index contributed by atoms with van der Waals surface area (Å²) < 4.78 is 39.7. The molecule has 0 aliphatic heterocycles. The molecule has 0 unspecified atom stereocenters. The fourth-order valence-corrected chi connectivity index (χ4v) is 9.68. The molecule has 0 radical (unpaired) electrons. The Morgan fingerprint density at radius 1 is 0.836 bits per heavy atom. The normalized spacial score (nSPS) is 19.4. The van der Waals surface area contributed by atoms with E-state index in [1.807, 2.05) is 82.9 Å². The van der Waals surface area contributed by atoms with Crippen LogP contribution < -0.4 is 5.32 Å². The zero-order valence-electron chi connectivity index (χ0n) is 30.1. The van der Waals surface area contributed by atoms with Crippen molar-refractivity contribution in [2.24, 2.45) is 17.8 Å². The molecule has 3 fully saturated rings. The Balaban J connectivity index is 1.29. The molecular weight excluding hydrogens is 715 g/mol. The number of thiophene rings is 1. The number of nitrogens with zero attached hydrogens (tertiary/aromatic N) is 5. The molecule has 7 aromatic rings. The first-order valence-electron chi connectivity index (χ1n) is 18.7. The van der Waals surface area contributed by atoms with Gasteiger partial charge in [0, 0.05) is 12.2 Å². The molecule has 55 heavy (non-hydrogen) atoms. The Morgan fingerprint density at radius 3 is 2.04 bits per heavy atom. The van der Waals surface area contributed by atoms with Gasteiger partial charge in [0.1, 0.15) is 16.7 Å². The van der Waals surface area contributed by atoms with E-state index in [4.69, 9.17) is 14.7 Å².